The third kappa shape index (κ3) is 15.2. The first-order chi connectivity index (χ1) is 69.5. The van der Waals surface area contributed by atoms with Gasteiger partial charge in [0.2, 0.25) is 0 Å². The van der Waals surface area contributed by atoms with Crippen molar-refractivity contribution < 1.29 is 0 Å². The highest BCUT2D eigenvalue weighted by Gasteiger charge is 2.47. The first-order valence-electron chi connectivity index (χ1n) is 49.3. The largest absolute Gasteiger partial charge is 0.311 e. The van der Waals surface area contributed by atoms with E-state index in [2.05, 4.69) is 568 Å². The lowest BCUT2D eigenvalue weighted by Gasteiger charge is -2.44. The van der Waals surface area contributed by atoms with Crippen LogP contribution in [0.2, 0.25) is 0 Å². The molecule has 0 fully saturated rings. The molecular weight excluding hydrogens is 1700 g/mol. The highest BCUT2D eigenvalue weighted by Crippen LogP contribution is 2.51. The maximum Gasteiger partial charge on any atom is 0.252 e. The second kappa shape index (κ2) is 35.9. The molecule has 0 N–H and O–H groups in total. The molecule has 6 heterocycles. The number of aryl methyl sites for hydroxylation is 3. The minimum atomic E-state index is 0.0950. The van der Waals surface area contributed by atoms with Crippen LogP contribution in [-0.2, 0) is 0 Å². The third-order valence-electron chi connectivity index (χ3n) is 29.4. The lowest BCUT2D eigenvalue weighted by Crippen LogP contribution is -2.61. The second-order valence-corrected chi connectivity index (χ2v) is 38.2. The molecule has 666 valence electrons. The average molecular weight is 1800 g/mol. The summed E-state index contributed by atoms with van der Waals surface area (Å²) in [5.41, 5.74) is 53.5. The van der Waals surface area contributed by atoms with Gasteiger partial charge in [-0.05, 0) is 294 Å². The minimum absolute atomic E-state index is 0.0950. The first kappa shape index (κ1) is 85.3. The van der Waals surface area contributed by atoms with Crippen LogP contribution in [0.25, 0.3) is 66.8 Å². The summed E-state index contributed by atoms with van der Waals surface area (Å²) in [6.45, 7) is 11.2. The Balaban J connectivity index is 0.000000111. The average Bonchev–Trinajstić information content (AvgIpc) is 0.707. The zero-order chi connectivity index (χ0) is 94.3. The summed E-state index contributed by atoms with van der Waals surface area (Å²) in [7, 11) is 0. The number of anilines is 18. The van der Waals surface area contributed by atoms with Crippen molar-refractivity contribution in [3.05, 3.63) is 526 Å². The molecule has 6 nitrogen and oxygen atoms in total. The summed E-state index contributed by atoms with van der Waals surface area (Å²) in [4.78, 5) is 14.8. The van der Waals surface area contributed by atoms with Crippen molar-refractivity contribution in [2.45, 2.75) is 40.5 Å². The maximum absolute atomic E-state index is 2.50. The van der Waals surface area contributed by atoms with E-state index >= 15 is 0 Å². The van der Waals surface area contributed by atoms with E-state index in [1.54, 1.807) is 0 Å². The maximum atomic E-state index is 2.50. The molecule has 0 saturated heterocycles. The minimum Gasteiger partial charge on any atom is -0.311 e. The van der Waals surface area contributed by atoms with Gasteiger partial charge >= 0.3 is 0 Å². The number of hydrogen-bond donors (Lipinski definition) is 0. The van der Waals surface area contributed by atoms with E-state index in [1.165, 1.54) is 223 Å². The van der Waals surface area contributed by atoms with Gasteiger partial charge in [-0.25, -0.2) is 0 Å². The van der Waals surface area contributed by atoms with E-state index in [-0.39, 0.29) is 20.1 Å². The summed E-state index contributed by atoms with van der Waals surface area (Å²) in [6, 6.07) is 185. The van der Waals surface area contributed by atoms with Crippen LogP contribution in [0, 0.1) is 20.8 Å². The Bertz CT molecular complexity index is 8290. The van der Waals surface area contributed by atoms with E-state index in [4.69, 9.17) is 0 Å². The number of rotatable bonds is 13. The van der Waals surface area contributed by atoms with Gasteiger partial charge in [-0.1, -0.05) is 388 Å². The van der Waals surface area contributed by atoms with Gasteiger partial charge in [-0.3, -0.25) is 0 Å². The van der Waals surface area contributed by atoms with Crippen LogP contribution in [0.4, 0.5) is 102 Å². The van der Waals surface area contributed by atoms with Gasteiger partial charge in [0.05, 0.1) is 0 Å². The van der Waals surface area contributed by atoms with Gasteiger partial charge in [0.15, 0.2) is 0 Å². The highest BCUT2D eigenvalue weighted by atomic mass is 15.2. The van der Waals surface area contributed by atoms with E-state index < -0.39 is 0 Å². The number of nitrogens with zero attached hydrogens (tertiary/aromatic N) is 6. The van der Waals surface area contributed by atoms with Crippen molar-refractivity contribution in [3.63, 3.8) is 0 Å². The standard InChI is InChI=1S/2C45H35BN2.C42H29BN2/c1-30-11-17-33(18-12-30)34-21-26-38(27-22-34)48-42-28-23-36(35-19-13-31(2)14-20-35)29-40(42)46-39-7-4-5-8-41(39)47(37-24-15-32(3)16-25-37)43-9-6-10-44(48)45(43)46;1-31(2)32-23-25-34(26-24-32)36-27-28-40-44(30-36)48(38-18-11-15-35(29-38)33-13-5-3-6-14-33)43-22-12-21-42-45(43)46(40)39-19-9-10-20-41(39)47(42)37-16-7-4-8-17-37;1-4-13-30(14-5-1)32-23-26-35(27-24-32)45-39-28-25-33(31-15-6-2-7-16-31)29-37(39)43-36-19-10-11-20-38(36)44(34-17-8-3-9-18-34)40-21-12-22-41(45)42(40)43/h4-29H,1-3H3;3-31H,1-2H3;1-29H. The summed E-state index contributed by atoms with van der Waals surface area (Å²) >= 11 is 0. The van der Waals surface area contributed by atoms with Gasteiger partial charge in [0.25, 0.3) is 20.1 Å². The molecule has 6 aliphatic heterocycles. The lowest BCUT2D eigenvalue weighted by molar-refractivity contribution is 0.867. The summed E-state index contributed by atoms with van der Waals surface area (Å²) in [5.74, 6) is 0.502. The molecule has 21 aromatic carbocycles. The van der Waals surface area contributed by atoms with Crippen molar-refractivity contribution in [2.75, 3.05) is 29.4 Å². The number of para-hydroxylation sites is 5. The predicted molar refractivity (Wildman–Crippen MR) is 602 cm³/mol. The molecule has 0 unspecified atom stereocenters. The Morgan fingerprint density at radius 3 is 0.745 bits per heavy atom. The SMILES string of the molecule is CC(C)c1ccc(-c2ccc3c(c2)N(c2cccc(-c4ccccc4)c2)c2cccc4c2B3c2ccccc2N4c2ccccc2)cc1.Cc1ccc(-c2ccc(N3c4ccc(-c5ccc(C)cc5)cc4B4c5ccccc5N(c5ccc(C)cc5)c5cccc3c54)cc2)cc1.c1ccc(-c2ccc(N3c4ccc(-c5ccccc5)cc4B4c5ccccc5N(c5ccccc5)c5cccc3c54)cc2)cc1. The Labute approximate surface area is 828 Å². The van der Waals surface area contributed by atoms with Crippen LogP contribution in [0.1, 0.15) is 42.0 Å². The molecule has 0 bridgehead atoms. The van der Waals surface area contributed by atoms with E-state index in [1.807, 2.05) is 0 Å². The van der Waals surface area contributed by atoms with Crippen LogP contribution < -0.4 is 78.6 Å². The Kier molecular flexibility index (Phi) is 21.7. The van der Waals surface area contributed by atoms with Crippen molar-refractivity contribution >= 4 is 172 Å². The second-order valence-electron chi connectivity index (χ2n) is 38.2. The van der Waals surface area contributed by atoms with Gasteiger partial charge < -0.3 is 29.4 Å². The van der Waals surface area contributed by atoms with Crippen molar-refractivity contribution in [1.82, 2.24) is 0 Å². The fourth-order valence-corrected chi connectivity index (χ4v) is 22.6. The molecule has 0 aromatic heterocycles. The highest BCUT2D eigenvalue weighted by molar-refractivity contribution is 7.02. The Morgan fingerprint density at radius 1 is 0.149 bits per heavy atom. The van der Waals surface area contributed by atoms with Gasteiger partial charge in [-0.15, -0.1) is 0 Å². The molecule has 27 rings (SSSR count). The normalized spacial score (nSPS) is 12.8. The molecule has 0 saturated carbocycles. The molecule has 9 heteroatoms. The Morgan fingerprint density at radius 2 is 0.369 bits per heavy atom. The number of hydrogen-bond acceptors (Lipinski definition) is 6. The van der Waals surface area contributed by atoms with Crippen LogP contribution in [-0.4, -0.2) is 20.1 Å². The zero-order valence-corrected chi connectivity index (χ0v) is 79.4. The summed E-state index contributed by atoms with van der Waals surface area (Å²) in [5, 5.41) is 0. The molecule has 0 radical (unpaired) electrons. The van der Waals surface area contributed by atoms with Gasteiger partial charge in [-0.2, -0.15) is 0 Å². The molecule has 0 spiro atoms. The van der Waals surface area contributed by atoms with Gasteiger partial charge in [0.1, 0.15) is 0 Å². The molecule has 6 aliphatic rings. The Hall–Kier alpha value is -17.4. The molecule has 141 heavy (non-hydrogen) atoms. The van der Waals surface area contributed by atoms with Crippen molar-refractivity contribution in [1.29, 1.82) is 0 Å². The molecular formula is C132H99B3N6. The van der Waals surface area contributed by atoms with Crippen LogP contribution in [0.3, 0.4) is 0 Å². The van der Waals surface area contributed by atoms with Gasteiger partial charge in [0, 0.05) is 102 Å². The first-order valence-corrected chi connectivity index (χ1v) is 49.3. The lowest BCUT2D eigenvalue weighted by atomic mass is 9.33. The van der Waals surface area contributed by atoms with E-state index in [0.29, 0.717) is 5.92 Å². The molecule has 0 atom stereocenters. The molecule has 0 aliphatic carbocycles. The van der Waals surface area contributed by atoms with Crippen LogP contribution >= 0.6 is 0 Å². The van der Waals surface area contributed by atoms with Crippen LogP contribution in [0.5, 0.6) is 0 Å². The smallest absolute Gasteiger partial charge is 0.252 e. The van der Waals surface area contributed by atoms with Crippen molar-refractivity contribution in [2.24, 2.45) is 0 Å². The van der Waals surface area contributed by atoms with E-state index in [0.717, 1.165) is 17.1 Å². The molecule has 21 aromatic rings. The summed E-state index contributed by atoms with van der Waals surface area (Å²) < 4.78 is 0. The zero-order valence-electron chi connectivity index (χ0n) is 79.4. The number of fused-ring (bicyclic) bond motifs is 12. The number of benzene rings is 21. The fourth-order valence-electron chi connectivity index (χ4n) is 22.6. The monoisotopic (exact) mass is 1800 g/mol. The van der Waals surface area contributed by atoms with Crippen LogP contribution in [0.15, 0.2) is 504 Å². The van der Waals surface area contributed by atoms with Crippen molar-refractivity contribution in [3.8, 4) is 66.8 Å². The quantitative estimate of drug-likeness (QED) is 0.106. The van der Waals surface area contributed by atoms with E-state index in [9.17, 15) is 0 Å². The molecule has 0 amide bonds. The predicted octanol–water partition coefficient (Wildman–Crippen LogP) is 29.4. The third-order valence-corrected chi connectivity index (χ3v) is 29.4. The topological polar surface area (TPSA) is 19.4 Å². The summed E-state index contributed by atoms with van der Waals surface area (Å²) in [6.07, 6.45) is 0. The fraction of sp³-hybridized carbons (Fsp3) is 0.0455.